The molecule has 0 bridgehead atoms. The van der Waals surface area contributed by atoms with Crippen LogP contribution in [-0.4, -0.2) is 15.0 Å². The van der Waals surface area contributed by atoms with E-state index in [-0.39, 0.29) is 16.3 Å². The number of hydrogen-bond donors (Lipinski definition) is 1. The molecule has 0 aromatic heterocycles. The lowest BCUT2D eigenvalue weighted by Gasteiger charge is -2.14. The van der Waals surface area contributed by atoms with Crippen molar-refractivity contribution in [2.45, 2.75) is 25.4 Å². The van der Waals surface area contributed by atoms with Gasteiger partial charge in [-0.25, -0.2) is 8.42 Å². The van der Waals surface area contributed by atoms with Crippen LogP contribution in [-0.2, 0) is 10.0 Å². The third-order valence-corrected chi connectivity index (χ3v) is 4.49. The first-order chi connectivity index (χ1) is 10.3. The molecule has 0 heterocycles. The van der Waals surface area contributed by atoms with Crippen LogP contribution in [0.25, 0.3) is 0 Å². The van der Waals surface area contributed by atoms with Gasteiger partial charge in [0, 0.05) is 0 Å². The van der Waals surface area contributed by atoms with E-state index in [1.54, 1.807) is 26.0 Å². The van der Waals surface area contributed by atoms with Gasteiger partial charge in [-0.05, 0) is 43.2 Å². The molecule has 0 atom stereocenters. The molecule has 2 aromatic carbocycles. The Kier molecular flexibility index (Phi) is 4.65. The number of para-hydroxylation sites is 2. The lowest BCUT2D eigenvalue weighted by atomic mass is 10.2. The highest BCUT2D eigenvalue weighted by molar-refractivity contribution is 7.92. The second-order valence-electron chi connectivity index (χ2n) is 4.75. The van der Waals surface area contributed by atoms with Crippen molar-refractivity contribution in [3.05, 3.63) is 53.6 Å². The highest BCUT2D eigenvalue weighted by atomic mass is 32.2. The van der Waals surface area contributed by atoms with E-state index in [1.807, 2.05) is 0 Å². The Balaban J connectivity index is 2.39. The van der Waals surface area contributed by atoms with Gasteiger partial charge in [0.25, 0.3) is 10.0 Å². The van der Waals surface area contributed by atoms with Crippen LogP contribution in [0.4, 0.5) is 14.5 Å². The minimum Gasteiger partial charge on any atom is -0.433 e. The molecular formula is C15H15F2NO3S. The van der Waals surface area contributed by atoms with Gasteiger partial charge in [0.15, 0.2) is 0 Å². The minimum absolute atomic E-state index is 0.0382. The molecule has 1 N–H and O–H groups in total. The van der Waals surface area contributed by atoms with Crippen LogP contribution in [0.15, 0.2) is 47.4 Å². The Labute approximate surface area is 127 Å². The Hall–Kier alpha value is -2.15. The molecule has 0 saturated heterocycles. The number of halogens is 2. The van der Waals surface area contributed by atoms with Crippen molar-refractivity contribution in [1.82, 2.24) is 0 Å². The van der Waals surface area contributed by atoms with Gasteiger partial charge in [-0.15, -0.1) is 0 Å². The van der Waals surface area contributed by atoms with E-state index in [4.69, 9.17) is 0 Å². The van der Waals surface area contributed by atoms with Crippen LogP contribution < -0.4 is 9.46 Å². The zero-order valence-corrected chi connectivity index (χ0v) is 12.8. The zero-order valence-electron chi connectivity index (χ0n) is 12.0. The van der Waals surface area contributed by atoms with E-state index in [0.29, 0.717) is 5.56 Å². The molecular weight excluding hydrogens is 312 g/mol. The monoisotopic (exact) mass is 327 g/mol. The summed E-state index contributed by atoms with van der Waals surface area (Å²) < 4.78 is 56.3. The summed E-state index contributed by atoms with van der Waals surface area (Å²) in [5.74, 6) is -0.230. The van der Waals surface area contributed by atoms with Crippen LogP contribution in [0.2, 0.25) is 0 Å². The van der Waals surface area contributed by atoms with Crippen LogP contribution in [0.3, 0.4) is 0 Å². The largest absolute Gasteiger partial charge is 0.433 e. The molecule has 0 saturated carbocycles. The zero-order chi connectivity index (χ0) is 16.3. The fraction of sp³-hybridized carbons (Fsp3) is 0.200. The van der Waals surface area contributed by atoms with Crippen molar-refractivity contribution in [2.24, 2.45) is 0 Å². The van der Waals surface area contributed by atoms with Crippen molar-refractivity contribution >= 4 is 15.7 Å². The predicted octanol–water partition coefficient (Wildman–Crippen LogP) is 3.71. The van der Waals surface area contributed by atoms with Crippen LogP contribution in [0.1, 0.15) is 11.1 Å². The maximum absolute atomic E-state index is 12.5. The van der Waals surface area contributed by atoms with Crippen molar-refractivity contribution in [3.8, 4) is 5.75 Å². The molecule has 0 amide bonds. The third-order valence-electron chi connectivity index (χ3n) is 2.98. The molecule has 0 unspecified atom stereocenters. The number of aryl methyl sites for hydroxylation is 2. The van der Waals surface area contributed by atoms with Gasteiger partial charge >= 0.3 is 6.61 Å². The van der Waals surface area contributed by atoms with Gasteiger partial charge in [-0.3, -0.25) is 4.72 Å². The number of benzene rings is 2. The standard InChI is InChI=1S/C15H15F2NO3S/c1-10-7-8-11(2)14(9-10)22(19,20)18-12-5-3-4-6-13(12)21-15(16)17/h3-9,15,18H,1-2H3. The van der Waals surface area contributed by atoms with Crippen LogP contribution >= 0.6 is 0 Å². The predicted molar refractivity (Wildman–Crippen MR) is 79.8 cm³/mol. The first kappa shape index (κ1) is 16.2. The Morgan fingerprint density at radius 3 is 2.45 bits per heavy atom. The lowest BCUT2D eigenvalue weighted by molar-refractivity contribution is -0.0493. The SMILES string of the molecule is Cc1ccc(C)c(S(=O)(=O)Nc2ccccc2OC(F)F)c1. The number of anilines is 1. The van der Waals surface area contributed by atoms with E-state index in [9.17, 15) is 17.2 Å². The van der Waals surface area contributed by atoms with E-state index < -0.39 is 16.6 Å². The van der Waals surface area contributed by atoms with E-state index in [0.717, 1.165) is 5.56 Å². The summed E-state index contributed by atoms with van der Waals surface area (Å²) in [4.78, 5) is 0.0966. The Morgan fingerprint density at radius 1 is 1.09 bits per heavy atom. The molecule has 2 rings (SSSR count). The van der Waals surface area contributed by atoms with E-state index >= 15 is 0 Å². The lowest BCUT2D eigenvalue weighted by Crippen LogP contribution is -2.16. The normalized spacial score (nSPS) is 11.5. The molecule has 0 aliphatic rings. The average molecular weight is 327 g/mol. The van der Waals surface area contributed by atoms with Crippen LogP contribution in [0.5, 0.6) is 5.75 Å². The summed E-state index contributed by atoms with van der Waals surface area (Å²) in [5.41, 5.74) is 1.30. The second kappa shape index (κ2) is 6.31. The highest BCUT2D eigenvalue weighted by Crippen LogP contribution is 2.28. The fourth-order valence-electron chi connectivity index (χ4n) is 1.95. The maximum Gasteiger partial charge on any atom is 0.387 e. The summed E-state index contributed by atoms with van der Waals surface area (Å²) in [6, 6.07) is 10.6. The summed E-state index contributed by atoms with van der Waals surface area (Å²) in [5, 5.41) is 0. The number of rotatable bonds is 5. The average Bonchev–Trinajstić information content (AvgIpc) is 2.43. The van der Waals surface area contributed by atoms with Gasteiger partial charge in [-0.2, -0.15) is 8.78 Å². The smallest absolute Gasteiger partial charge is 0.387 e. The first-order valence-corrected chi connectivity index (χ1v) is 7.92. The van der Waals surface area contributed by atoms with Gasteiger partial charge < -0.3 is 4.74 Å². The number of ether oxygens (including phenoxy) is 1. The number of hydrogen-bond acceptors (Lipinski definition) is 3. The number of nitrogens with one attached hydrogen (secondary N) is 1. The van der Waals surface area contributed by atoms with Gasteiger partial charge in [0.2, 0.25) is 0 Å². The molecule has 0 spiro atoms. The fourth-order valence-corrected chi connectivity index (χ4v) is 3.35. The van der Waals surface area contributed by atoms with Gasteiger partial charge in [0.05, 0.1) is 10.6 Å². The maximum atomic E-state index is 12.5. The molecule has 0 aliphatic heterocycles. The second-order valence-corrected chi connectivity index (χ2v) is 6.40. The van der Waals surface area contributed by atoms with Crippen molar-refractivity contribution in [2.75, 3.05) is 4.72 Å². The Morgan fingerprint density at radius 2 is 1.77 bits per heavy atom. The molecule has 0 aliphatic carbocycles. The molecule has 7 heteroatoms. The molecule has 118 valence electrons. The molecule has 0 fully saturated rings. The van der Waals surface area contributed by atoms with E-state index in [1.165, 1.54) is 30.3 Å². The minimum atomic E-state index is -3.90. The quantitative estimate of drug-likeness (QED) is 0.911. The molecule has 4 nitrogen and oxygen atoms in total. The molecule has 0 radical (unpaired) electrons. The Bertz CT molecular complexity index is 776. The highest BCUT2D eigenvalue weighted by Gasteiger charge is 2.19. The van der Waals surface area contributed by atoms with Gasteiger partial charge in [0.1, 0.15) is 5.75 Å². The van der Waals surface area contributed by atoms with Crippen molar-refractivity contribution < 1.29 is 21.9 Å². The number of sulfonamides is 1. The van der Waals surface area contributed by atoms with Gasteiger partial charge in [-0.1, -0.05) is 24.3 Å². The topological polar surface area (TPSA) is 55.4 Å². The molecule has 2 aromatic rings. The number of alkyl halides is 2. The third kappa shape index (κ3) is 3.73. The van der Waals surface area contributed by atoms with E-state index in [2.05, 4.69) is 9.46 Å². The first-order valence-electron chi connectivity index (χ1n) is 6.43. The van der Waals surface area contributed by atoms with Crippen LogP contribution in [0, 0.1) is 13.8 Å². The summed E-state index contributed by atoms with van der Waals surface area (Å²) in [6.45, 7) is 0.397. The van der Waals surface area contributed by atoms with Crippen molar-refractivity contribution in [1.29, 1.82) is 0 Å². The summed E-state index contributed by atoms with van der Waals surface area (Å²) in [6.07, 6.45) is 0. The molecule has 22 heavy (non-hydrogen) atoms. The summed E-state index contributed by atoms with van der Waals surface area (Å²) >= 11 is 0. The van der Waals surface area contributed by atoms with Crippen molar-refractivity contribution in [3.63, 3.8) is 0 Å². The summed E-state index contributed by atoms with van der Waals surface area (Å²) in [7, 11) is -3.90.